The van der Waals surface area contributed by atoms with Crippen molar-refractivity contribution < 1.29 is 18.5 Å². The van der Waals surface area contributed by atoms with Gasteiger partial charge in [0.25, 0.3) is 0 Å². The lowest BCUT2D eigenvalue weighted by Gasteiger charge is -2.15. The molecule has 3 aromatic rings. The first-order valence-corrected chi connectivity index (χ1v) is 9.51. The topological polar surface area (TPSA) is 100 Å². The zero-order valence-corrected chi connectivity index (χ0v) is 16.0. The van der Waals surface area contributed by atoms with Gasteiger partial charge in [0.1, 0.15) is 5.82 Å². The Balaban J connectivity index is 1.29. The second-order valence-corrected chi connectivity index (χ2v) is 7.02. The number of rotatable bonds is 6. The number of hydrogen-bond acceptors (Lipinski definition) is 5. The van der Waals surface area contributed by atoms with Gasteiger partial charge in [0.2, 0.25) is 11.8 Å². The number of aromatic nitrogens is 2. The lowest BCUT2D eigenvalue weighted by atomic mass is 10.1. The van der Waals surface area contributed by atoms with Crippen molar-refractivity contribution in [3.05, 3.63) is 77.7 Å². The average molecular weight is 409 g/mol. The Bertz CT molecular complexity index is 1020. The SMILES string of the molecule is O=C(NCc1nc([C@@H]2CC(=O)N(Cc3ccccc3)C2)no1)Nc1ccc(F)cc1. The zero-order chi connectivity index (χ0) is 20.9. The van der Waals surface area contributed by atoms with E-state index in [9.17, 15) is 14.0 Å². The number of nitrogens with one attached hydrogen (secondary N) is 2. The third-order valence-corrected chi connectivity index (χ3v) is 4.78. The number of amides is 3. The molecule has 2 N–H and O–H groups in total. The molecule has 0 spiro atoms. The van der Waals surface area contributed by atoms with E-state index >= 15 is 0 Å². The number of halogens is 1. The Labute approximate surface area is 172 Å². The molecule has 0 radical (unpaired) electrons. The fourth-order valence-corrected chi connectivity index (χ4v) is 3.27. The Morgan fingerprint density at radius 2 is 1.93 bits per heavy atom. The molecule has 3 amide bonds. The van der Waals surface area contributed by atoms with E-state index in [1.165, 1.54) is 24.3 Å². The molecule has 4 rings (SSSR count). The summed E-state index contributed by atoms with van der Waals surface area (Å²) in [4.78, 5) is 30.4. The van der Waals surface area contributed by atoms with E-state index < -0.39 is 6.03 Å². The van der Waals surface area contributed by atoms with Crippen molar-refractivity contribution in [2.75, 3.05) is 11.9 Å². The largest absolute Gasteiger partial charge is 0.338 e. The van der Waals surface area contributed by atoms with Crippen molar-refractivity contribution in [3.63, 3.8) is 0 Å². The van der Waals surface area contributed by atoms with Crippen molar-refractivity contribution in [2.45, 2.75) is 25.4 Å². The summed E-state index contributed by atoms with van der Waals surface area (Å²) < 4.78 is 18.1. The minimum absolute atomic E-state index is 0.0361. The summed E-state index contributed by atoms with van der Waals surface area (Å²) in [6, 6.07) is 14.7. The maximum absolute atomic E-state index is 12.9. The molecule has 2 aromatic carbocycles. The van der Waals surface area contributed by atoms with Crippen molar-refractivity contribution in [1.82, 2.24) is 20.4 Å². The van der Waals surface area contributed by atoms with E-state index in [1.54, 1.807) is 4.90 Å². The van der Waals surface area contributed by atoms with Crippen LogP contribution in [-0.4, -0.2) is 33.5 Å². The summed E-state index contributed by atoms with van der Waals surface area (Å²) in [7, 11) is 0. The third-order valence-electron chi connectivity index (χ3n) is 4.78. The van der Waals surface area contributed by atoms with E-state index in [2.05, 4.69) is 20.8 Å². The summed E-state index contributed by atoms with van der Waals surface area (Å²) in [5.74, 6) is 0.216. The van der Waals surface area contributed by atoms with Gasteiger partial charge in [0.05, 0.1) is 6.54 Å². The normalized spacial score (nSPS) is 16.0. The van der Waals surface area contributed by atoms with Crippen molar-refractivity contribution >= 4 is 17.6 Å². The highest BCUT2D eigenvalue weighted by Gasteiger charge is 2.33. The van der Waals surface area contributed by atoms with Crippen LogP contribution in [0.25, 0.3) is 0 Å². The third kappa shape index (κ3) is 4.80. The van der Waals surface area contributed by atoms with Gasteiger partial charge in [-0.25, -0.2) is 9.18 Å². The molecule has 0 bridgehead atoms. The number of urea groups is 1. The molecule has 0 unspecified atom stereocenters. The molecule has 1 aromatic heterocycles. The number of hydrogen-bond donors (Lipinski definition) is 2. The van der Waals surface area contributed by atoms with Gasteiger partial charge < -0.3 is 20.1 Å². The van der Waals surface area contributed by atoms with Gasteiger partial charge in [-0.3, -0.25) is 4.79 Å². The number of anilines is 1. The molecule has 154 valence electrons. The predicted octanol–water partition coefficient (Wildman–Crippen LogP) is 3.05. The lowest BCUT2D eigenvalue weighted by molar-refractivity contribution is -0.128. The Hall–Kier alpha value is -3.75. The van der Waals surface area contributed by atoms with E-state index in [-0.39, 0.29) is 30.1 Å². The molecule has 0 saturated carbocycles. The first-order chi connectivity index (χ1) is 14.6. The molecule has 1 fully saturated rings. The van der Waals surface area contributed by atoms with Gasteiger partial charge in [-0.1, -0.05) is 35.5 Å². The second kappa shape index (κ2) is 8.73. The van der Waals surface area contributed by atoms with E-state index in [1.807, 2.05) is 30.3 Å². The van der Waals surface area contributed by atoms with Gasteiger partial charge >= 0.3 is 6.03 Å². The lowest BCUT2D eigenvalue weighted by Crippen LogP contribution is -2.28. The van der Waals surface area contributed by atoms with Crippen LogP contribution >= 0.6 is 0 Å². The summed E-state index contributed by atoms with van der Waals surface area (Å²) in [6.45, 7) is 1.10. The number of carbonyl (C=O) groups excluding carboxylic acids is 2. The van der Waals surface area contributed by atoms with Crippen LogP contribution in [-0.2, 0) is 17.9 Å². The average Bonchev–Trinajstić information content (AvgIpc) is 3.36. The number of likely N-dealkylation sites (tertiary alicyclic amines) is 1. The Morgan fingerprint density at radius 1 is 1.17 bits per heavy atom. The van der Waals surface area contributed by atoms with Crippen LogP contribution in [0.15, 0.2) is 59.1 Å². The smallest absolute Gasteiger partial charge is 0.319 e. The molecule has 1 atom stereocenters. The van der Waals surface area contributed by atoms with Crippen LogP contribution in [0, 0.1) is 5.82 Å². The maximum atomic E-state index is 12.9. The van der Waals surface area contributed by atoms with Crippen molar-refractivity contribution in [3.8, 4) is 0 Å². The highest BCUT2D eigenvalue weighted by Crippen LogP contribution is 2.27. The molecule has 9 heteroatoms. The maximum Gasteiger partial charge on any atom is 0.319 e. The van der Waals surface area contributed by atoms with Crippen molar-refractivity contribution in [1.29, 1.82) is 0 Å². The van der Waals surface area contributed by atoms with Gasteiger partial charge in [-0.05, 0) is 29.8 Å². The minimum atomic E-state index is -0.480. The van der Waals surface area contributed by atoms with Crippen molar-refractivity contribution in [2.24, 2.45) is 0 Å². The summed E-state index contributed by atoms with van der Waals surface area (Å²) in [6.07, 6.45) is 0.324. The minimum Gasteiger partial charge on any atom is -0.338 e. The fourth-order valence-electron chi connectivity index (χ4n) is 3.27. The first kappa shape index (κ1) is 19.6. The number of carbonyl (C=O) groups is 2. The highest BCUT2D eigenvalue weighted by molar-refractivity contribution is 5.89. The standard InChI is InChI=1S/C21H20FN5O3/c22-16-6-8-17(9-7-16)24-21(29)23-11-18-25-20(26-30-18)15-10-19(28)27(13-15)12-14-4-2-1-3-5-14/h1-9,15H,10-13H2,(H2,23,24,29)/t15-/m1/s1. The molecule has 2 heterocycles. The second-order valence-electron chi connectivity index (χ2n) is 7.02. The Kier molecular flexibility index (Phi) is 5.69. The molecule has 1 aliphatic heterocycles. The summed E-state index contributed by atoms with van der Waals surface area (Å²) >= 11 is 0. The van der Waals surface area contributed by atoms with Crippen LogP contribution in [0.5, 0.6) is 0 Å². The van der Waals surface area contributed by atoms with E-state index in [4.69, 9.17) is 4.52 Å². The van der Waals surface area contributed by atoms with Gasteiger partial charge in [0.15, 0.2) is 5.82 Å². The van der Waals surface area contributed by atoms with Gasteiger partial charge in [-0.2, -0.15) is 4.98 Å². The molecule has 1 aliphatic rings. The van der Waals surface area contributed by atoms with E-state index in [0.717, 1.165) is 5.56 Å². The van der Waals surface area contributed by atoms with Crippen LogP contribution in [0.4, 0.5) is 14.9 Å². The molecular formula is C21H20FN5O3. The van der Waals surface area contributed by atoms with Gasteiger partial charge in [-0.15, -0.1) is 0 Å². The quantitative estimate of drug-likeness (QED) is 0.652. The molecule has 0 aliphatic carbocycles. The van der Waals surface area contributed by atoms with Gasteiger partial charge in [0, 0.05) is 31.1 Å². The van der Waals surface area contributed by atoms with Crippen LogP contribution < -0.4 is 10.6 Å². The molecular weight excluding hydrogens is 389 g/mol. The first-order valence-electron chi connectivity index (χ1n) is 9.51. The Morgan fingerprint density at radius 3 is 2.70 bits per heavy atom. The predicted molar refractivity (Wildman–Crippen MR) is 106 cm³/mol. The monoisotopic (exact) mass is 409 g/mol. The van der Waals surface area contributed by atoms with Crippen LogP contribution in [0.3, 0.4) is 0 Å². The van der Waals surface area contributed by atoms with E-state index in [0.29, 0.717) is 31.0 Å². The molecule has 1 saturated heterocycles. The fraction of sp³-hybridized carbons (Fsp3) is 0.238. The molecule has 30 heavy (non-hydrogen) atoms. The number of nitrogens with zero attached hydrogens (tertiary/aromatic N) is 3. The zero-order valence-electron chi connectivity index (χ0n) is 16.0. The molecule has 8 nitrogen and oxygen atoms in total. The van der Waals surface area contributed by atoms with Crippen LogP contribution in [0.1, 0.15) is 29.6 Å². The summed E-state index contributed by atoms with van der Waals surface area (Å²) in [5.41, 5.74) is 1.53. The summed E-state index contributed by atoms with van der Waals surface area (Å²) in [5, 5.41) is 9.14. The highest BCUT2D eigenvalue weighted by atomic mass is 19.1. The number of benzene rings is 2. The van der Waals surface area contributed by atoms with Crippen LogP contribution in [0.2, 0.25) is 0 Å².